The van der Waals surface area contributed by atoms with Crippen molar-refractivity contribution in [2.24, 2.45) is 5.73 Å². The van der Waals surface area contributed by atoms with E-state index in [-0.39, 0.29) is 17.8 Å². The Morgan fingerprint density at radius 3 is 2.37 bits per heavy atom. The van der Waals surface area contributed by atoms with E-state index in [2.05, 4.69) is 0 Å². The van der Waals surface area contributed by atoms with Gasteiger partial charge in [0.1, 0.15) is 5.75 Å². The molecule has 1 saturated heterocycles. The van der Waals surface area contributed by atoms with Gasteiger partial charge in [0.15, 0.2) is 5.78 Å². The second-order valence-electron chi connectivity index (χ2n) is 6.40. The molecule has 1 fully saturated rings. The number of nitrogens with two attached hydrogens (primary N) is 1. The number of aliphatic carboxylic acids is 1. The molecule has 1 aromatic carbocycles. The molecular formula is C19H25F3N2O6. The zero-order chi connectivity index (χ0) is 22.7. The van der Waals surface area contributed by atoms with E-state index >= 15 is 0 Å². The highest BCUT2D eigenvalue weighted by molar-refractivity contribution is 5.94. The standard InChI is InChI=1S/C17H24N2O4.C2HF3O2/c1-13(20)14-4-6-15(7-5-14)22-9-2-3-17(21)19-8-10-23-16(11-18)12-19;3-2(4,5)1(6)7/h4-7,16H,2-3,8-12,18H2,1H3;(H,6,7). The number of carboxylic acids is 1. The number of rotatable bonds is 7. The normalized spacial score (nSPS) is 16.3. The maximum atomic E-state index is 12.1. The maximum absolute atomic E-state index is 12.1. The van der Waals surface area contributed by atoms with Crippen LogP contribution in [0.3, 0.4) is 0 Å². The lowest BCUT2D eigenvalue weighted by Gasteiger charge is -2.32. The van der Waals surface area contributed by atoms with Crippen LogP contribution in [-0.2, 0) is 14.3 Å². The van der Waals surface area contributed by atoms with Gasteiger partial charge in [-0.3, -0.25) is 9.59 Å². The number of morpholine rings is 1. The predicted molar refractivity (Wildman–Crippen MR) is 100 cm³/mol. The monoisotopic (exact) mass is 434 g/mol. The Hall–Kier alpha value is -2.66. The molecule has 0 bridgehead atoms. The molecular weight excluding hydrogens is 409 g/mol. The summed E-state index contributed by atoms with van der Waals surface area (Å²) in [5.41, 5.74) is 6.24. The van der Waals surface area contributed by atoms with E-state index in [0.29, 0.717) is 57.0 Å². The van der Waals surface area contributed by atoms with Crippen molar-refractivity contribution >= 4 is 17.7 Å². The summed E-state index contributed by atoms with van der Waals surface area (Å²) in [6, 6.07) is 7.02. The molecule has 1 amide bonds. The van der Waals surface area contributed by atoms with Crippen LogP contribution in [0, 0.1) is 0 Å². The Labute approximate surface area is 171 Å². The second kappa shape index (κ2) is 12.1. The number of amides is 1. The van der Waals surface area contributed by atoms with Crippen molar-refractivity contribution in [1.29, 1.82) is 0 Å². The fraction of sp³-hybridized carbons (Fsp3) is 0.526. The minimum Gasteiger partial charge on any atom is -0.494 e. The number of ketones is 1. The molecule has 168 valence electrons. The van der Waals surface area contributed by atoms with Gasteiger partial charge in [-0.05, 0) is 37.6 Å². The number of alkyl halides is 3. The molecule has 30 heavy (non-hydrogen) atoms. The Kier molecular flexibility index (Phi) is 10.3. The second-order valence-corrected chi connectivity index (χ2v) is 6.40. The van der Waals surface area contributed by atoms with Crippen molar-refractivity contribution in [1.82, 2.24) is 4.90 Å². The first-order valence-electron chi connectivity index (χ1n) is 9.18. The quantitative estimate of drug-likeness (QED) is 0.497. The van der Waals surface area contributed by atoms with Crippen LogP contribution < -0.4 is 10.5 Å². The van der Waals surface area contributed by atoms with Crippen LogP contribution >= 0.6 is 0 Å². The highest BCUT2D eigenvalue weighted by atomic mass is 19.4. The highest BCUT2D eigenvalue weighted by Crippen LogP contribution is 2.14. The lowest BCUT2D eigenvalue weighted by atomic mass is 10.1. The third-order valence-corrected chi connectivity index (χ3v) is 4.06. The van der Waals surface area contributed by atoms with Crippen molar-refractivity contribution in [3.8, 4) is 5.75 Å². The number of Topliss-reactive ketones (excluding diaryl/α,β-unsaturated/α-hetero) is 1. The SMILES string of the molecule is CC(=O)c1ccc(OCCCC(=O)N2CCOC(CN)C2)cc1.O=C(O)C(F)(F)F. The average Bonchev–Trinajstić information content (AvgIpc) is 2.71. The van der Waals surface area contributed by atoms with Crippen LogP contribution in [0.1, 0.15) is 30.1 Å². The number of carboxylic acid groups (broad SMARTS) is 1. The van der Waals surface area contributed by atoms with Gasteiger partial charge in [-0.15, -0.1) is 0 Å². The molecule has 11 heteroatoms. The van der Waals surface area contributed by atoms with Gasteiger partial charge in [0.25, 0.3) is 0 Å². The number of benzene rings is 1. The van der Waals surface area contributed by atoms with Crippen LogP contribution in [-0.4, -0.2) is 72.8 Å². The van der Waals surface area contributed by atoms with Crippen molar-refractivity contribution in [2.45, 2.75) is 32.0 Å². The van der Waals surface area contributed by atoms with E-state index in [0.717, 1.165) is 0 Å². The van der Waals surface area contributed by atoms with Crippen LogP contribution in [0.5, 0.6) is 5.75 Å². The summed E-state index contributed by atoms with van der Waals surface area (Å²) in [7, 11) is 0. The van der Waals surface area contributed by atoms with Crippen LogP contribution in [0.25, 0.3) is 0 Å². The van der Waals surface area contributed by atoms with Gasteiger partial charge < -0.3 is 25.2 Å². The summed E-state index contributed by atoms with van der Waals surface area (Å²) in [5.74, 6) is -1.91. The van der Waals surface area contributed by atoms with Crippen LogP contribution in [0.15, 0.2) is 24.3 Å². The van der Waals surface area contributed by atoms with Gasteiger partial charge >= 0.3 is 12.1 Å². The minimum atomic E-state index is -5.08. The number of halogens is 3. The van der Waals surface area contributed by atoms with Gasteiger partial charge in [-0.25, -0.2) is 4.79 Å². The van der Waals surface area contributed by atoms with Gasteiger partial charge in [0.05, 0.1) is 19.3 Å². The summed E-state index contributed by atoms with van der Waals surface area (Å²) in [6.07, 6.45) is -4.04. The molecule has 1 atom stereocenters. The molecule has 0 saturated carbocycles. The fourth-order valence-electron chi connectivity index (χ4n) is 2.45. The first kappa shape index (κ1) is 25.4. The van der Waals surface area contributed by atoms with Gasteiger partial charge in [0.2, 0.25) is 5.91 Å². The molecule has 1 heterocycles. The molecule has 0 aromatic heterocycles. The van der Waals surface area contributed by atoms with E-state index in [1.165, 1.54) is 6.92 Å². The van der Waals surface area contributed by atoms with Crippen molar-refractivity contribution in [3.63, 3.8) is 0 Å². The lowest BCUT2D eigenvalue weighted by molar-refractivity contribution is -0.192. The molecule has 1 aromatic rings. The molecule has 0 aliphatic carbocycles. The molecule has 0 spiro atoms. The van der Waals surface area contributed by atoms with Crippen molar-refractivity contribution in [2.75, 3.05) is 32.8 Å². The maximum Gasteiger partial charge on any atom is 0.490 e. The number of carbonyl (C=O) groups excluding carboxylic acids is 2. The zero-order valence-corrected chi connectivity index (χ0v) is 16.5. The molecule has 1 aliphatic rings. The minimum absolute atomic E-state index is 0.0310. The first-order valence-corrected chi connectivity index (χ1v) is 9.18. The lowest BCUT2D eigenvalue weighted by Crippen LogP contribution is -2.48. The van der Waals surface area contributed by atoms with Gasteiger partial charge in [-0.1, -0.05) is 0 Å². The summed E-state index contributed by atoms with van der Waals surface area (Å²) in [5, 5.41) is 7.12. The Morgan fingerprint density at radius 1 is 1.27 bits per heavy atom. The number of hydrogen-bond acceptors (Lipinski definition) is 6. The summed E-state index contributed by atoms with van der Waals surface area (Å²) in [4.78, 5) is 34.0. The van der Waals surface area contributed by atoms with Gasteiger partial charge in [-0.2, -0.15) is 13.2 Å². The average molecular weight is 434 g/mol. The van der Waals surface area contributed by atoms with Crippen LogP contribution in [0.4, 0.5) is 13.2 Å². The number of hydrogen-bond donors (Lipinski definition) is 2. The summed E-state index contributed by atoms with van der Waals surface area (Å²) in [6.45, 7) is 4.18. The molecule has 3 N–H and O–H groups in total. The van der Waals surface area contributed by atoms with E-state index in [4.69, 9.17) is 25.1 Å². The molecule has 2 rings (SSSR count). The van der Waals surface area contributed by atoms with E-state index in [1.807, 2.05) is 4.90 Å². The van der Waals surface area contributed by atoms with Crippen molar-refractivity contribution < 1.29 is 42.1 Å². The number of carbonyl (C=O) groups is 3. The summed E-state index contributed by atoms with van der Waals surface area (Å²) < 4.78 is 42.8. The van der Waals surface area contributed by atoms with Crippen molar-refractivity contribution in [3.05, 3.63) is 29.8 Å². The number of ether oxygens (including phenoxy) is 2. The Balaban J connectivity index is 0.000000553. The fourth-order valence-corrected chi connectivity index (χ4v) is 2.45. The largest absolute Gasteiger partial charge is 0.494 e. The highest BCUT2D eigenvalue weighted by Gasteiger charge is 2.38. The van der Waals surface area contributed by atoms with Gasteiger partial charge in [0, 0.05) is 31.6 Å². The summed E-state index contributed by atoms with van der Waals surface area (Å²) >= 11 is 0. The van der Waals surface area contributed by atoms with Crippen LogP contribution in [0.2, 0.25) is 0 Å². The van der Waals surface area contributed by atoms with E-state index in [9.17, 15) is 22.8 Å². The Bertz CT molecular complexity index is 709. The van der Waals surface area contributed by atoms with E-state index < -0.39 is 12.1 Å². The molecule has 0 radical (unpaired) electrons. The zero-order valence-electron chi connectivity index (χ0n) is 16.5. The molecule has 1 unspecified atom stereocenters. The molecule has 1 aliphatic heterocycles. The van der Waals surface area contributed by atoms with E-state index in [1.54, 1.807) is 24.3 Å². The smallest absolute Gasteiger partial charge is 0.490 e. The third kappa shape index (κ3) is 9.23. The molecule has 8 nitrogen and oxygen atoms in total. The number of nitrogens with zero attached hydrogens (tertiary/aromatic N) is 1. The topological polar surface area (TPSA) is 119 Å². The first-order chi connectivity index (χ1) is 14.0. The third-order valence-electron chi connectivity index (χ3n) is 4.06. The Morgan fingerprint density at radius 2 is 1.87 bits per heavy atom. The predicted octanol–water partition coefficient (Wildman–Crippen LogP) is 1.87.